The van der Waals surface area contributed by atoms with E-state index in [0.29, 0.717) is 5.75 Å². The summed E-state index contributed by atoms with van der Waals surface area (Å²) in [6.45, 7) is 1.94. The molecule has 1 aromatic rings. The molecule has 13 heavy (non-hydrogen) atoms. The zero-order chi connectivity index (χ0) is 10.3. The predicted octanol–water partition coefficient (Wildman–Crippen LogP) is 1.41. The van der Waals surface area contributed by atoms with Crippen molar-refractivity contribution in [1.29, 1.82) is 0 Å². The molecule has 1 N–H and O–H groups in total. The number of hydrogen-bond donors (Lipinski definition) is 1. The largest absolute Gasteiger partial charge is 0.508 e. The molecule has 0 bridgehead atoms. The molecule has 1 aromatic carbocycles. The number of benzene rings is 1. The summed E-state index contributed by atoms with van der Waals surface area (Å²) in [4.78, 5) is 10.9. The third kappa shape index (κ3) is 6.87. The standard InChI is InChI=1S/C7H8O.C3H7NO/c1-6-3-2-4-7(8)5-6;1-4(2)3-5/h2-5,8H,1H3;3H,1-2H3. The fourth-order valence-electron chi connectivity index (χ4n) is 0.628. The highest BCUT2D eigenvalue weighted by Crippen LogP contribution is 2.08. The molecule has 0 aliphatic rings. The fourth-order valence-corrected chi connectivity index (χ4v) is 0.628. The number of nitrogens with zero attached hydrogens (tertiary/aromatic N) is 1. The summed E-state index contributed by atoms with van der Waals surface area (Å²) in [6.07, 6.45) is 0.750. The Bertz CT molecular complexity index is 242. The maximum Gasteiger partial charge on any atom is 0.209 e. The lowest BCUT2D eigenvalue weighted by Crippen LogP contribution is -2.06. The fraction of sp³-hybridized carbons (Fsp3) is 0.300. The van der Waals surface area contributed by atoms with E-state index in [1.54, 1.807) is 26.2 Å². The van der Waals surface area contributed by atoms with Crippen LogP contribution in [0.5, 0.6) is 5.75 Å². The maximum absolute atomic E-state index is 9.43. The second-order valence-electron chi connectivity index (χ2n) is 2.91. The number of carbonyl (C=O) groups is 1. The van der Waals surface area contributed by atoms with Gasteiger partial charge < -0.3 is 10.0 Å². The van der Waals surface area contributed by atoms with Gasteiger partial charge in [0.25, 0.3) is 0 Å². The third-order valence-electron chi connectivity index (χ3n) is 1.21. The van der Waals surface area contributed by atoms with Crippen LogP contribution in [-0.2, 0) is 4.79 Å². The minimum Gasteiger partial charge on any atom is -0.508 e. The quantitative estimate of drug-likeness (QED) is 0.665. The van der Waals surface area contributed by atoms with E-state index in [9.17, 15) is 4.79 Å². The molecule has 0 spiro atoms. The molecular weight excluding hydrogens is 166 g/mol. The van der Waals surface area contributed by atoms with Gasteiger partial charge in [0.1, 0.15) is 5.75 Å². The zero-order valence-electron chi connectivity index (χ0n) is 8.19. The van der Waals surface area contributed by atoms with E-state index in [1.165, 1.54) is 4.90 Å². The molecule has 72 valence electrons. The van der Waals surface area contributed by atoms with Gasteiger partial charge in [-0.2, -0.15) is 0 Å². The summed E-state index contributed by atoms with van der Waals surface area (Å²) >= 11 is 0. The molecule has 0 atom stereocenters. The Balaban J connectivity index is 0.000000252. The molecule has 0 radical (unpaired) electrons. The van der Waals surface area contributed by atoms with Crippen LogP contribution in [0.1, 0.15) is 5.56 Å². The van der Waals surface area contributed by atoms with Crippen LogP contribution in [0.15, 0.2) is 24.3 Å². The SMILES string of the molecule is CN(C)C=O.Cc1cccc(O)c1. The van der Waals surface area contributed by atoms with Crippen LogP contribution in [0, 0.1) is 6.92 Å². The Morgan fingerprint density at radius 2 is 1.92 bits per heavy atom. The van der Waals surface area contributed by atoms with E-state index in [0.717, 1.165) is 12.0 Å². The van der Waals surface area contributed by atoms with E-state index in [2.05, 4.69) is 0 Å². The van der Waals surface area contributed by atoms with E-state index >= 15 is 0 Å². The highest BCUT2D eigenvalue weighted by molar-refractivity contribution is 5.45. The highest BCUT2D eigenvalue weighted by atomic mass is 16.3. The molecule has 0 fully saturated rings. The molecule has 0 aromatic heterocycles. The van der Waals surface area contributed by atoms with Crippen molar-refractivity contribution in [1.82, 2.24) is 4.90 Å². The molecule has 0 heterocycles. The second-order valence-corrected chi connectivity index (χ2v) is 2.91. The first-order valence-corrected chi connectivity index (χ1v) is 3.93. The Hall–Kier alpha value is -1.51. The lowest BCUT2D eigenvalue weighted by molar-refractivity contribution is -0.115. The minimum atomic E-state index is 0.338. The van der Waals surface area contributed by atoms with Crippen molar-refractivity contribution < 1.29 is 9.90 Å². The van der Waals surface area contributed by atoms with Crippen LogP contribution in [-0.4, -0.2) is 30.5 Å². The number of aromatic hydroxyl groups is 1. The molecular formula is C10H15NO2. The van der Waals surface area contributed by atoms with Gasteiger partial charge in [0.2, 0.25) is 6.41 Å². The molecule has 1 rings (SSSR count). The summed E-state index contributed by atoms with van der Waals surface area (Å²) < 4.78 is 0. The maximum atomic E-state index is 9.43. The Morgan fingerprint density at radius 3 is 2.15 bits per heavy atom. The molecule has 3 heteroatoms. The number of aryl methyl sites for hydroxylation is 1. The topological polar surface area (TPSA) is 40.5 Å². The van der Waals surface area contributed by atoms with Crippen molar-refractivity contribution in [3.63, 3.8) is 0 Å². The number of amides is 1. The van der Waals surface area contributed by atoms with Crippen LogP contribution in [0.3, 0.4) is 0 Å². The smallest absolute Gasteiger partial charge is 0.209 e. The second kappa shape index (κ2) is 6.06. The first kappa shape index (κ1) is 11.5. The van der Waals surface area contributed by atoms with Gasteiger partial charge in [0.05, 0.1) is 0 Å². The summed E-state index contributed by atoms with van der Waals surface area (Å²) in [5.74, 6) is 0.338. The van der Waals surface area contributed by atoms with Gasteiger partial charge in [-0.05, 0) is 24.6 Å². The predicted molar refractivity (Wildman–Crippen MR) is 52.6 cm³/mol. The van der Waals surface area contributed by atoms with Gasteiger partial charge in [0, 0.05) is 14.1 Å². The highest BCUT2D eigenvalue weighted by Gasteiger charge is 1.83. The van der Waals surface area contributed by atoms with Crippen molar-refractivity contribution in [2.45, 2.75) is 6.92 Å². The summed E-state index contributed by atoms with van der Waals surface area (Å²) in [5, 5.41) is 8.81. The van der Waals surface area contributed by atoms with Crippen LogP contribution >= 0.6 is 0 Å². The summed E-state index contributed by atoms with van der Waals surface area (Å²) in [6, 6.07) is 7.15. The van der Waals surface area contributed by atoms with Crippen LogP contribution < -0.4 is 0 Å². The van der Waals surface area contributed by atoms with Crippen molar-refractivity contribution >= 4 is 6.41 Å². The van der Waals surface area contributed by atoms with Gasteiger partial charge in [-0.1, -0.05) is 12.1 Å². The van der Waals surface area contributed by atoms with Gasteiger partial charge in [0.15, 0.2) is 0 Å². The van der Waals surface area contributed by atoms with Gasteiger partial charge in [-0.3, -0.25) is 4.79 Å². The number of hydrogen-bond acceptors (Lipinski definition) is 2. The number of phenolic OH excluding ortho intramolecular Hbond substituents is 1. The minimum absolute atomic E-state index is 0.338. The average Bonchev–Trinajstić information content (AvgIpc) is 2.05. The molecule has 3 nitrogen and oxygen atoms in total. The average molecular weight is 181 g/mol. The molecule has 0 saturated carbocycles. The van der Waals surface area contributed by atoms with Gasteiger partial charge in [-0.15, -0.1) is 0 Å². The Labute approximate surface area is 78.6 Å². The van der Waals surface area contributed by atoms with E-state index in [-0.39, 0.29) is 0 Å². The monoisotopic (exact) mass is 181 g/mol. The third-order valence-corrected chi connectivity index (χ3v) is 1.21. The zero-order valence-corrected chi connectivity index (χ0v) is 8.19. The molecule has 0 saturated heterocycles. The van der Waals surface area contributed by atoms with Crippen LogP contribution in [0.2, 0.25) is 0 Å². The first-order valence-electron chi connectivity index (χ1n) is 3.93. The molecule has 0 aliphatic carbocycles. The van der Waals surface area contributed by atoms with E-state index < -0.39 is 0 Å². The van der Waals surface area contributed by atoms with Crippen LogP contribution in [0.25, 0.3) is 0 Å². The number of carbonyl (C=O) groups excluding carboxylic acids is 1. The lowest BCUT2D eigenvalue weighted by atomic mass is 10.2. The van der Waals surface area contributed by atoms with Crippen LogP contribution in [0.4, 0.5) is 0 Å². The summed E-state index contributed by atoms with van der Waals surface area (Å²) in [7, 11) is 3.38. The van der Waals surface area contributed by atoms with E-state index in [1.807, 2.05) is 19.1 Å². The molecule has 1 amide bonds. The lowest BCUT2D eigenvalue weighted by Gasteiger charge is -1.93. The van der Waals surface area contributed by atoms with Crippen molar-refractivity contribution in [3.05, 3.63) is 29.8 Å². The Morgan fingerprint density at radius 1 is 1.38 bits per heavy atom. The van der Waals surface area contributed by atoms with Crippen molar-refractivity contribution in [3.8, 4) is 5.75 Å². The number of rotatable bonds is 1. The summed E-state index contributed by atoms with van der Waals surface area (Å²) in [5.41, 5.74) is 1.09. The normalized spacial score (nSPS) is 8.23. The van der Waals surface area contributed by atoms with Crippen molar-refractivity contribution in [2.24, 2.45) is 0 Å². The first-order chi connectivity index (χ1) is 6.06. The molecule has 0 unspecified atom stereocenters. The molecule has 0 aliphatic heterocycles. The van der Waals surface area contributed by atoms with Gasteiger partial charge >= 0.3 is 0 Å². The van der Waals surface area contributed by atoms with Gasteiger partial charge in [-0.25, -0.2) is 0 Å². The van der Waals surface area contributed by atoms with Crippen molar-refractivity contribution in [2.75, 3.05) is 14.1 Å². The van der Waals surface area contributed by atoms with E-state index in [4.69, 9.17) is 5.11 Å². The number of phenols is 1. The Kier molecular flexibility index (Phi) is 5.35.